The molecule has 1 fully saturated rings. The molecule has 23 heavy (non-hydrogen) atoms. The van der Waals surface area contributed by atoms with Crippen molar-refractivity contribution in [3.8, 4) is 0 Å². The van der Waals surface area contributed by atoms with Crippen LogP contribution in [0.5, 0.6) is 0 Å². The highest BCUT2D eigenvalue weighted by Crippen LogP contribution is 2.28. The van der Waals surface area contributed by atoms with Crippen molar-refractivity contribution in [1.82, 2.24) is 9.36 Å². The van der Waals surface area contributed by atoms with Crippen LogP contribution in [-0.4, -0.2) is 43.7 Å². The van der Waals surface area contributed by atoms with Crippen molar-refractivity contribution in [2.45, 2.75) is 44.8 Å². The fraction of sp³-hybridized carbons (Fsp3) is 0.667. The van der Waals surface area contributed by atoms with E-state index in [4.69, 9.17) is 15.0 Å². The largest absolute Gasteiger partial charge is 0.490 e. The molecule has 0 aromatic carbocycles. The Morgan fingerprint density at radius 3 is 2.35 bits per heavy atom. The maximum atomic E-state index is 10.8. The number of halogens is 3. The van der Waals surface area contributed by atoms with Crippen molar-refractivity contribution >= 4 is 28.6 Å². The molecule has 7 nitrogen and oxygen atoms in total. The van der Waals surface area contributed by atoms with E-state index in [2.05, 4.69) is 14.7 Å². The fourth-order valence-corrected chi connectivity index (χ4v) is 2.70. The number of carboxylic acids is 2. The average Bonchev–Trinajstić information content (AvgIpc) is 3.08. The molecule has 0 radical (unpaired) electrons. The maximum Gasteiger partial charge on any atom is 0.490 e. The summed E-state index contributed by atoms with van der Waals surface area (Å²) in [4.78, 5) is 24.0. The number of nitrogens with zero attached hydrogens (tertiary/aromatic N) is 2. The molecule has 1 heterocycles. The lowest BCUT2D eigenvalue weighted by atomic mass is 10.1. The zero-order chi connectivity index (χ0) is 17.6. The monoisotopic (exact) mass is 355 g/mol. The number of aryl methyl sites for hydroxylation is 1. The Bertz CT molecular complexity index is 550. The van der Waals surface area contributed by atoms with Gasteiger partial charge in [0.2, 0.25) is 5.13 Å². The Morgan fingerprint density at radius 2 is 1.96 bits per heavy atom. The van der Waals surface area contributed by atoms with Gasteiger partial charge in [0.25, 0.3) is 0 Å². The minimum absolute atomic E-state index is 0.198. The van der Waals surface area contributed by atoms with Crippen LogP contribution in [0.25, 0.3) is 0 Å². The zero-order valence-electron chi connectivity index (χ0n) is 12.1. The average molecular weight is 355 g/mol. The van der Waals surface area contributed by atoms with Gasteiger partial charge in [0.15, 0.2) is 0 Å². The first-order valence-electron chi connectivity index (χ1n) is 6.75. The maximum absolute atomic E-state index is 10.8. The molecule has 0 saturated heterocycles. The van der Waals surface area contributed by atoms with Crippen LogP contribution >= 0.6 is 11.5 Å². The highest BCUT2D eigenvalue weighted by molar-refractivity contribution is 7.09. The van der Waals surface area contributed by atoms with Gasteiger partial charge >= 0.3 is 18.1 Å². The molecule has 0 spiro atoms. The number of rotatable bonds is 4. The third kappa shape index (κ3) is 6.38. The Balaban J connectivity index is 0.000000322. The molecule has 2 rings (SSSR count). The van der Waals surface area contributed by atoms with E-state index in [1.807, 2.05) is 6.92 Å². The molecule has 0 unspecified atom stereocenters. The van der Waals surface area contributed by atoms with Crippen molar-refractivity contribution in [3.05, 3.63) is 5.82 Å². The molecule has 11 heteroatoms. The van der Waals surface area contributed by atoms with Gasteiger partial charge < -0.3 is 15.5 Å². The lowest BCUT2D eigenvalue weighted by molar-refractivity contribution is -0.192. The topological polar surface area (TPSA) is 112 Å². The molecule has 2 atom stereocenters. The summed E-state index contributed by atoms with van der Waals surface area (Å²) in [6.45, 7) is 2.02. The number of anilines is 1. The van der Waals surface area contributed by atoms with Gasteiger partial charge in [-0.1, -0.05) is 6.92 Å². The van der Waals surface area contributed by atoms with Gasteiger partial charge in [-0.2, -0.15) is 17.5 Å². The van der Waals surface area contributed by atoms with Crippen molar-refractivity contribution in [1.29, 1.82) is 0 Å². The summed E-state index contributed by atoms with van der Waals surface area (Å²) < 4.78 is 35.9. The van der Waals surface area contributed by atoms with Gasteiger partial charge in [-0.25, -0.2) is 9.78 Å². The molecule has 1 aromatic heterocycles. The second kappa shape index (κ2) is 8.09. The van der Waals surface area contributed by atoms with Gasteiger partial charge in [-0.15, -0.1) is 0 Å². The van der Waals surface area contributed by atoms with Gasteiger partial charge in [0, 0.05) is 24.0 Å². The van der Waals surface area contributed by atoms with Crippen molar-refractivity contribution in [3.63, 3.8) is 0 Å². The van der Waals surface area contributed by atoms with E-state index < -0.39 is 18.1 Å². The van der Waals surface area contributed by atoms with Gasteiger partial charge in [0.05, 0.1) is 5.92 Å². The highest BCUT2D eigenvalue weighted by Gasteiger charge is 2.38. The van der Waals surface area contributed by atoms with Crippen molar-refractivity contribution in [2.75, 3.05) is 5.32 Å². The van der Waals surface area contributed by atoms with E-state index in [1.54, 1.807) is 0 Å². The number of hydrogen-bond acceptors (Lipinski definition) is 6. The first-order chi connectivity index (χ1) is 10.6. The predicted octanol–water partition coefficient (Wildman–Crippen LogP) is 2.40. The summed E-state index contributed by atoms with van der Waals surface area (Å²) in [7, 11) is 0. The zero-order valence-corrected chi connectivity index (χ0v) is 12.9. The van der Waals surface area contributed by atoms with Crippen molar-refractivity contribution < 1.29 is 33.0 Å². The molecular formula is C12H16F3N3O4S. The first kappa shape index (κ1) is 19.1. The molecule has 0 amide bonds. The fourth-order valence-electron chi connectivity index (χ4n) is 1.97. The van der Waals surface area contributed by atoms with Crippen LogP contribution in [0.3, 0.4) is 0 Å². The van der Waals surface area contributed by atoms with Gasteiger partial charge in [-0.05, 0) is 19.3 Å². The highest BCUT2D eigenvalue weighted by atomic mass is 32.1. The number of aromatic nitrogens is 2. The Labute approximate surface area is 133 Å². The number of hydrogen-bond donors (Lipinski definition) is 3. The number of aliphatic carboxylic acids is 2. The summed E-state index contributed by atoms with van der Waals surface area (Å²) in [6.07, 6.45) is -1.90. The normalized spacial score (nSPS) is 20.5. The SMILES string of the molecule is CCc1nsc(N[C@@H]2CC[C@H](C(=O)O)C2)n1.O=C(O)C(F)(F)F. The Morgan fingerprint density at radius 1 is 1.35 bits per heavy atom. The van der Waals surface area contributed by atoms with Crippen LogP contribution in [0, 0.1) is 5.92 Å². The van der Waals surface area contributed by atoms with E-state index in [0.717, 1.165) is 30.2 Å². The molecule has 1 aliphatic rings. The molecule has 1 aliphatic carbocycles. The summed E-state index contributed by atoms with van der Waals surface area (Å²) >= 11 is 1.35. The van der Waals surface area contributed by atoms with Crippen LogP contribution in [0.4, 0.5) is 18.3 Å². The van der Waals surface area contributed by atoms with Crippen molar-refractivity contribution in [2.24, 2.45) is 5.92 Å². The van der Waals surface area contributed by atoms with Gasteiger partial charge in [-0.3, -0.25) is 4.79 Å². The summed E-state index contributed by atoms with van der Waals surface area (Å²) in [5.74, 6) is -2.79. The quantitative estimate of drug-likeness (QED) is 0.760. The predicted molar refractivity (Wildman–Crippen MR) is 75.4 cm³/mol. The lowest BCUT2D eigenvalue weighted by Gasteiger charge is -2.09. The van der Waals surface area contributed by atoms with Crippen LogP contribution < -0.4 is 5.32 Å². The van der Waals surface area contributed by atoms with E-state index in [0.29, 0.717) is 6.42 Å². The molecule has 1 saturated carbocycles. The van der Waals surface area contributed by atoms with Crippen LogP contribution in [0.1, 0.15) is 32.0 Å². The van der Waals surface area contributed by atoms with E-state index in [1.165, 1.54) is 11.5 Å². The summed E-state index contributed by atoms with van der Waals surface area (Å²) in [6, 6.07) is 0.235. The first-order valence-corrected chi connectivity index (χ1v) is 7.52. The van der Waals surface area contributed by atoms with E-state index in [-0.39, 0.29) is 12.0 Å². The number of carbonyl (C=O) groups is 2. The number of nitrogens with one attached hydrogen (secondary N) is 1. The second-order valence-corrected chi connectivity index (χ2v) is 5.61. The Kier molecular flexibility index (Phi) is 6.73. The van der Waals surface area contributed by atoms with E-state index >= 15 is 0 Å². The molecule has 130 valence electrons. The van der Waals surface area contributed by atoms with Crippen LogP contribution in [-0.2, 0) is 16.0 Å². The van der Waals surface area contributed by atoms with E-state index in [9.17, 15) is 18.0 Å². The third-order valence-corrected chi connectivity index (χ3v) is 3.82. The molecule has 0 aliphatic heterocycles. The smallest absolute Gasteiger partial charge is 0.481 e. The molecule has 3 N–H and O–H groups in total. The minimum Gasteiger partial charge on any atom is -0.481 e. The number of carboxylic acid groups (broad SMARTS) is 2. The molecular weight excluding hydrogens is 339 g/mol. The summed E-state index contributed by atoms with van der Waals surface area (Å²) in [5, 5.41) is 20.1. The second-order valence-electron chi connectivity index (χ2n) is 4.86. The van der Waals surface area contributed by atoms with Crippen LogP contribution in [0.15, 0.2) is 0 Å². The van der Waals surface area contributed by atoms with Gasteiger partial charge in [0.1, 0.15) is 5.82 Å². The minimum atomic E-state index is -5.08. The lowest BCUT2D eigenvalue weighted by Crippen LogP contribution is -2.21. The molecule has 1 aromatic rings. The third-order valence-electron chi connectivity index (χ3n) is 3.14. The van der Waals surface area contributed by atoms with Crippen LogP contribution in [0.2, 0.25) is 0 Å². The summed E-state index contributed by atoms with van der Waals surface area (Å²) in [5.41, 5.74) is 0. The number of alkyl halides is 3. The standard InChI is InChI=1S/C10H15N3O2S.C2HF3O2/c1-2-8-12-10(16-13-8)11-7-4-3-6(5-7)9(14)15;3-2(4,5)1(6)7/h6-7H,2-5H2,1H3,(H,14,15)(H,11,12,13);(H,6,7)/t6-,7+;/m0./s1. The molecule has 0 bridgehead atoms. The Hall–Kier alpha value is -1.91.